The first-order valence-electron chi connectivity index (χ1n) is 4.99. The fourth-order valence-corrected chi connectivity index (χ4v) is 2.83. The summed E-state index contributed by atoms with van der Waals surface area (Å²) >= 11 is 1.88. The Morgan fingerprint density at radius 2 is 2.33 bits per heavy atom. The number of Topliss-reactive ketones (excluding diaryl/α,β-unsaturated/α-hetero) is 1. The summed E-state index contributed by atoms with van der Waals surface area (Å²) in [6.45, 7) is 2.21. The molecule has 1 nitrogen and oxygen atoms in total. The van der Waals surface area contributed by atoms with E-state index < -0.39 is 0 Å². The summed E-state index contributed by atoms with van der Waals surface area (Å²) in [6.07, 6.45) is 6.98. The molecular weight excluding hydrogens is 168 g/mol. The molecule has 0 N–H and O–H groups in total. The van der Waals surface area contributed by atoms with Crippen LogP contribution in [-0.2, 0) is 4.79 Å². The van der Waals surface area contributed by atoms with Gasteiger partial charge in [-0.25, -0.2) is 0 Å². The van der Waals surface area contributed by atoms with E-state index in [1.807, 2.05) is 11.8 Å². The summed E-state index contributed by atoms with van der Waals surface area (Å²) in [5.74, 6) is 1.68. The second-order valence-corrected chi connectivity index (χ2v) is 4.74. The van der Waals surface area contributed by atoms with Crippen LogP contribution in [0.3, 0.4) is 0 Å². The van der Waals surface area contributed by atoms with E-state index in [1.54, 1.807) is 0 Å². The van der Waals surface area contributed by atoms with E-state index >= 15 is 0 Å². The monoisotopic (exact) mass is 186 g/mol. The van der Waals surface area contributed by atoms with Crippen molar-refractivity contribution in [1.82, 2.24) is 0 Å². The minimum atomic E-state index is 0.363. The van der Waals surface area contributed by atoms with Crippen LogP contribution >= 0.6 is 11.8 Å². The molecule has 0 aromatic carbocycles. The normalized spacial score (nSPS) is 23.4. The van der Waals surface area contributed by atoms with E-state index in [0.29, 0.717) is 11.0 Å². The SMILES string of the molecule is CCCCCSC1CCCC1=O. The standard InChI is InChI=1S/C10H18OS/c1-2-3-4-8-12-10-7-5-6-9(10)11/h10H,2-8H2,1H3. The maximum atomic E-state index is 11.2. The van der Waals surface area contributed by atoms with Gasteiger partial charge in [-0.05, 0) is 25.0 Å². The fourth-order valence-electron chi connectivity index (χ4n) is 1.54. The van der Waals surface area contributed by atoms with Crippen molar-refractivity contribution in [2.24, 2.45) is 0 Å². The summed E-state index contributed by atoms with van der Waals surface area (Å²) in [4.78, 5) is 11.2. The highest BCUT2D eigenvalue weighted by atomic mass is 32.2. The van der Waals surface area contributed by atoms with Gasteiger partial charge in [0, 0.05) is 6.42 Å². The molecule has 0 bridgehead atoms. The highest BCUT2D eigenvalue weighted by Crippen LogP contribution is 2.27. The number of ketones is 1. The predicted octanol–water partition coefficient (Wildman–Crippen LogP) is 3.03. The van der Waals surface area contributed by atoms with Gasteiger partial charge in [0.2, 0.25) is 0 Å². The number of thioether (sulfide) groups is 1. The van der Waals surface area contributed by atoms with Crippen molar-refractivity contribution in [3.8, 4) is 0 Å². The van der Waals surface area contributed by atoms with Crippen LogP contribution in [0.2, 0.25) is 0 Å². The third-order valence-corrected chi connectivity index (χ3v) is 3.74. The van der Waals surface area contributed by atoms with Crippen LogP contribution in [0.15, 0.2) is 0 Å². The van der Waals surface area contributed by atoms with Gasteiger partial charge in [0.25, 0.3) is 0 Å². The lowest BCUT2D eigenvalue weighted by Crippen LogP contribution is -2.08. The van der Waals surface area contributed by atoms with Crippen molar-refractivity contribution in [3.05, 3.63) is 0 Å². The van der Waals surface area contributed by atoms with Crippen LogP contribution in [-0.4, -0.2) is 16.8 Å². The second kappa shape index (κ2) is 5.63. The van der Waals surface area contributed by atoms with E-state index in [1.165, 1.54) is 25.0 Å². The number of unbranched alkanes of at least 4 members (excludes halogenated alkanes) is 2. The minimum absolute atomic E-state index is 0.363. The molecule has 0 saturated heterocycles. The van der Waals surface area contributed by atoms with E-state index in [9.17, 15) is 4.79 Å². The minimum Gasteiger partial charge on any atom is -0.298 e. The summed E-state index contributed by atoms with van der Waals surface area (Å²) in [5.41, 5.74) is 0. The van der Waals surface area contributed by atoms with Gasteiger partial charge in [0.15, 0.2) is 0 Å². The van der Waals surface area contributed by atoms with Gasteiger partial charge < -0.3 is 0 Å². The highest BCUT2D eigenvalue weighted by Gasteiger charge is 2.23. The Hall–Kier alpha value is 0.0200. The molecule has 2 heteroatoms. The molecule has 0 aromatic rings. The number of rotatable bonds is 5. The van der Waals surface area contributed by atoms with Crippen molar-refractivity contribution >= 4 is 17.5 Å². The first-order chi connectivity index (χ1) is 5.84. The van der Waals surface area contributed by atoms with Gasteiger partial charge in [-0.2, -0.15) is 11.8 Å². The highest BCUT2D eigenvalue weighted by molar-refractivity contribution is 8.00. The molecule has 1 unspecified atom stereocenters. The lowest BCUT2D eigenvalue weighted by atomic mass is 10.3. The van der Waals surface area contributed by atoms with Gasteiger partial charge in [0.1, 0.15) is 5.78 Å². The van der Waals surface area contributed by atoms with Crippen molar-refractivity contribution in [2.75, 3.05) is 5.75 Å². The molecule has 1 aliphatic rings. The van der Waals surface area contributed by atoms with E-state index in [0.717, 1.165) is 19.3 Å². The number of hydrogen-bond acceptors (Lipinski definition) is 2. The number of carbonyl (C=O) groups is 1. The van der Waals surface area contributed by atoms with Crippen LogP contribution in [0, 0.1) is 0 Å². The Morgan fingerprint density at radius 1 is 1.50 bits per heavy atom. The first-order valence-corrected chi connectivity index (χ1v) is 6.03. The van der Waals surface area contributed by atoms with Crippen molar-refractivity contribution in [3.63, 3.8) is 0 Å². The lowest BCUT2D eigenvalue weighted by Gasteiger charge is -2.06. The topological polar surface area (TPSA) is 17.1 Å². The third kappa shape index (κ3) is 3.18. The molecule has 1 fully saturated rings. The van der Waals surface area contributed by atoms with E-state index in [4.69, 9.17) is 0 Å². The molecule has 0 radical (unpaired) electrons. The van der Waals surface area contributed by atoms with Crippen molar-refractivity contribution < 1.29 is 4.79 Å². The average Bonchev–Trinajstić information content (AvgIpc) is 2.46. The van der Waals surface area contributed by atoms with Gasteiger partial charge in [-0.1, -0.05) is 19.8 Å². The molecular formula is C10H18OS. The van der Waals surface area contributed by atoms with Gasteiger partial charge in [-0.3, -0.25) is 4.79 Å². The fraction of sp³-hybridized carbons (Fsp3) is 0.900. The average molecular weight is 186 g/mol. The molecule has 0 aromatic heterocycles. The molecule has 12 heavy (non-hydrogen) atoms. The Bertz CT molecular complexity index is 145. The van der Waals surface area contributed by atoms with E-state index in [-0.39, 0.29) is 0 Å². The van der Waals surface area contributed by atoms with Gasteiger partial charge in [0.05, 0.1) is 5.25 Å². The Kier molecular flexibility index (Phi) is 4.74. The molecule has 1 saturated carbocycles. The van der Waals surface area contributed by atoms with E-state index in [2.05, 4.69) is 6.92 Å². The molecule has 0 amide bonds. The summed E-state index contributed by atoms with van der Waals surface area (Å²) in [6, 6.07) is 0. The molecule has 1 aliphatic carbocycles. The zero-order valence-electron chi connectivity index (χ0n) is 7.84. The number of hydrogen-bond donors (Lipinski definition) is 0. The molecule has 0 heterocycles. The molecule has 1 atom stereocenters. The Morgan fingerprint density at radius 3 is 2.92 bits per heavy atom. The Balaban J connectivity index is 2.02. The summed E-state index contributed by atoms with van der Waals surface area (Å²) in [7, 11) is 0. The maximum Gasteiger partial charge on any atom is 0.145 e. The first kappa shape index (κ1) is 10.1. The van der Waals surface area contributed by atoms with Crippen molar-refractivity contribution in [2.45, 2.75) is 50.7 Å². The molecule has 1 rings (SSSR count). The third-order valence-electron chi connectivity index (χ3n) is 2.32. The van der Waals surface area contributed by atoms with Crippen LogP contribution in [0.4, 0.5) is 0 Å². The van der Waals surface area contributed by atoms with Crippen LogP contribution in [0.5, 0.6) is 0 Å². The van der Waals surface area contributed by atoms with Crippen LogP contribution < -0.4 is 0 Å². The molecule has 70 valence electrons. The number of carbonyl (C=O) groups excluding carboxylic acids is 1. The van der Waals surface area contributed by atoms with Gasteiger partial charge >= 0.3 is 0 Å². The largest absolute Gasteiger partial charge is 0.298 e. The lowest BCUT2D eigenvalue weighted by molar-refractivity contribution is -0.116. The zero-order valence-corrected chi connectivity index (χ0v) is 8.66. The van der Waals surface area contributed by atoms with Crippen molar-refractivity contribution in [1.29, 1.82) is 0 Å². The second-order valence-electron chi connectivity index (χ2n) is 3.43. The smallest absolute Gasteiger partial charge is 0.145 e. The quantitative estimate of drug-likeness (QED) is 0.614. The molecule has 0 aliphatic heterocycles. The van der Waals surface area contributed by atoms with Crippen LogP contribution in [0.25, 0.3) is 0 Å². The molecule has 0 spiro atoms. The predicted molar refractivity (Wildman–Crippen MR) is 54.6 cm³/mol. The van der Waals surface area contributed by atoms with Gasteiger partial charge in [-0.15, -0.1) is 0 Å². The summed E-state index contributed by atoms with van der Waals surface area (Å²) in [5, 5.41) is 0.363. The van der Waals surface area contributed by atoms with Crippen LogP contribution in [0.1, 0.15) is 45.4 Å². The summed E-state index contributed by atoms with van der Waals surface area (Å²) < 4.78 is 0. The zero-order chi connectivity index (χ0) is 8.81. The Labute approximate surface area is 79.3 Å². The maximum absolute atomic E-state index is 11.2.